The highest BCUT2D eigenvalue weighted by Crippen LogP contribution is 2.40. The number of allylic oxidation sites excluding steroid dienone is 4. The van der Waals surface area contributed by atoms with Crippen molar-refractivity contribution in [1.82, 2.24) is 4.98 Å². The van der Waals surface area contributed by atoms with Crippen molar-refractivity contribution in [2.75, 3.05) is 17.2 Å². The second kappa shape index (κ2) is 8.99. The van der Waals surface area contributed by atoms with Gasteiger partial charge in [0.2, 0.25) is 0 Å². The van der Waals surface area contributed by atoms with Gasteiger partial charge < -0.3 is 15.7 Å². The number of aliphatic imine (C=N–C) groups is 1. The molecular formula is C25H23ClN4O2. The largest absolute Gasteiger partial charge is 0.392 e. The molecule has 0 bridgehead atoms. The zero-order valence-electron chi connectivity index (χ0n) is 17.8. The number of aliphatic hydroxyl groups is 1. The lowest BCUT2D eigenvalue weighted by Gasteiger charge is -2.35. The van der Waals surface area contributed by atoms with Crippen molar-refractivity contribution < 1.29 is 9.90 Å². The quantitative estimate of drug-likeness (QED) is 0.577. The first-order valence-electron chi connectivity index (χ1n) is 10.3. The van der Waals surface area contributed by atoms with E-state index in [-0.39, 0.29) is 11.8 Å². The lowest BCUT2D eigenvalue weighted by atomic mass is 9.68. The number of carbonyl (C=O) groups excluding carboxylic acids is 1. The molecule has 1 aliphatic heterocycles. The Hall–Kier alpha value is -3.40. The van der Waals surface area contributed by atoms with Crippen molar-refractivity contribution in [3.63, 3.8) is 0 Å². The second-order valence-electron chi connectivity index (χ2n) is 8.03. The summed E-state index contributed by atoms with van der Waals surface area (Å²) in [6.45, 7) is 4.15. The van der Waals surface area contributed by atoms with E-state index < -0.39 is 11.5 Å². The summed E-state index contributed by atoms with van der Waals surface area (Å²) in [7, 11) is 0. The predicted octanol–water partition coefficient (Wildman–Crippen LogP) is 4.29. The van der Waals surface area contributed by atoms with Crippen LogP contribution >= 0.6 is 11.6 Å². The Morgan fingerprint density at radius 3 is 2.91 bits per heavy atom. The maximum absolute atomic E-state index is 12.7. The van der Waals surface area contributed by atoms with Crippen molar-refractivity contribution in [3.05, 3.63) is 77.0 Å². The van der Waals surface area contributed by atoms with E-state index in [0.29, 0.717) is 28.6 Å². The number of aromatic nitrogens is 1. The number of rotatable bonds is 6. The van der Waals surface area contributed by atoms with Gasteiger partial charge in [0.1, 0.15) is 5.82 Å². The minimum atomic E-state index is -0.490. The molecule has 1 aliphatic carbocycles. The Balaban J connectivity index is 1.54. The molecule has 7 heteroatoms. The van der Waals surface area contributed by atoms with Gasteiger partial charge in [0.05, 0.1) is 23.3 Å². The van der Waals surface area contributed by atoms with E-state index in [1.807, 2.05) is 18.2 Å². The summed E-state index contributed by atoms with van der Waals surface area (Å²) in [5, 5.41) is 15.8. The first-order valence-corrected chi connectivity index (χ1v) is 10.7. The zero-order chi connectivity index (χ0) is 22.7. The standard InChI is InChI=1S/C25H23ClN4O2/c1-16(31)14-28-22-9-6-17(15-29-22)24(32)30-19-7-8-21(26)20(13-19)23-25(2)11-4-3-5-18(25)10-12-27-23/h3-9,11,13,15-16,18,31H,14H2,1-2H3,(H,28,29)(H,30,32)/t16-,18?,25?/m0/s1. The fraction of sp³-hybridized carbons (Fsp3) is 0.240. The number of nitrogens with zero attached hydrogens (tertiary/aromatic N) is 2. The Morgan fingerprint density at radius 1 is 1.31 bits per heavy atom. The maximum atomic E-state index is 12.7. The number of anilines is 2. The number of halogens is 1. The van der Waals surface area contributed by atoms with Crippen molar-refractivity contribution in [2.24, 2.45) is 16.3 Å². The van der Waals surface area contributed by atoms with E-state index in [0.717, 1.165) is 11.3 Å². The van der Waals surface area contributed by atoms with Gasteiger partial charge in [-0.3, -0.25) is 4.79 Å². The summed E-state index contributed by atoms with van der Waals surface area (Å²) < 4.78 is 0. The van der Waals surface area contributed by atoms with Gasteiger partial charge in [-0.2, -0.15) is 0 Å². The number of fused-ring (bicyclic) bond motifs is 1. The van der Waals surface area contributed by atoms with Crippen molar-refractivity contribution >= 4 is 34.7 Å². The summed E-state index contributed by atoms with van der Waals surface area (Å²) in [5.41, 5.74) is 2.13. The highest BCUT2D eigenvalue weighted by atomic mass is 35.5. The van der Waals surface area contributed by atoms with Crippen LogP contribution < -0.4 is 10.6 Å². The smallest absolute Gasteiger partial charge is 0.257 e. The summed E-state index contributed by atoms with van der Waals surface area (Å²) in [4.78, 5) is 21.4. The van der Waals surface area contributed by atoms with Crippen molar-refractivity contribution in [3.8, 4) is 12.0 Å². The molecule has 3 atom stereocenters. The summed E-state index contributed by atoms with van der Waals surface area (Å²) in [6, 6.07) is 11.6. The molecule has 0 saturated carbocycles. The van der Waals surface area contributed by atoms with Gasteiger partial charge in [-0.05, 0) is 44.2 Å². The van der Waals surface area contributed by atoms with Crippen LogP contribution in [0.4, 0.5) is 11.5 Å². The third-order valence-electron chi connectivity index (χ3n) is 5.48. The molecule has 162 valence electrons. The number of hydrogen-bond donors (Lipinski definition) is 3. The number of pyridine rings is 1. The third kappa shape index (κ3) is 4.45. The van der Waals surface area contributed by atoms with Crippen LogP contribution in [0.1, 0.15) is 29.8 Å². The van der Waals surface area contributed by atoms with Gasteiger partial charge >= 0.3 is 0 Å². The van der Waals surface area contributed by atoms with Gasteiger partial charge in [-0.25, -0.2) is 9.98 Å². The van der Waals surface area contributed by atoms with E-state index in [1.165, 1.54) is 6.20 Å². The van der Waals surface area contributed by atoms with E-state index in [9.17, 15) is 9.90 Å². The minimum absolute atomic E-state index is 0.0151. The van der Waals surface area contributed by atoms with Gasteiger partial charge in [-0.15, -0.1) is 0 Å². The molecule has 2 heterocycles. The molecule has 2 unspecified atom stereocenters. The number of hydrogen-bond acceptors (Lipinski definition) is 5. The normalized spacial score (nSPS) is 21.6. The Bertz CT molecular complexity index is 1190. The van der Waals surface area contributed by atoms with Gasteiger partial charge in [-0.1, -0.05) is 41.8 Å². The first-order chi connectivity index (χ1) is 15.4. The molecule has 3 N–H and O–H groups in total. The van der Waals surface area contributed by atoms with Crippen LogP contribution in [0.2, 0.25) is 5.02 Å². The third-order valence-corrected chi connectivity index (χ3v) is 5.81. The highest BCUT2D eigenvalue weighted by Gasteiger charge is 2.39. The second-order valence-corrected chi connectivity index (χ2v) is 8.44. The van der Waals surface area contributed by atoms with Crippen LogP contribution in [0.15, 0.2) is 65.8 Å². The Morgan fingerprint density at radius 2 is 2.16 bits per heavy atom. The van der Waals surface area contributed by atoms with E-state index in [4.69, 9.17) is 11.6 Å². The van der Waals surface area contributed by atoms with Crippen LogP contribution in [0.25, 0.3) is 0 Å². The SMILES string of the molecule is C[C@H](O)CNc1ccc(C(=O)Nc2ccc(Cl)c(C3=NC#CC4C=CC=CC34C)c2)cn1. The monoisotopic (exact) mass is 446 g/mol. The molecular weight excluding hydrogens is 424 g/mol. The molecule has 1 aromatic carbocycles. The van der Waals surface area contributed by atoms with Crippen molar-refractivity contribution in [1.29, 1.82) is 0 Å². The lowest BCUT2D eigenvalue weighted by molar-refractivity contribution is 0.102. The fourth-order valence-electron chi connectivity index (χ4n) is 3.66. The lowest BCUT2D eigenvalue weighted by Crippen LogP contribution is -2.36. The Kier molecular flexibility index (Phi) is 6.13. The van der Waals surface area contributed by atoms with E-state index in [2.05, 4.69) is 51.7 Å². The number of carbonyl (C=O) groups is 1. The van der Waals surface area contributed by atoms with Crippen LogP contribution in [0, 0.1) is 23.3 Å². The van der Waals surface area contributed by atoms with Gasteiger partial charge in [0, 0.05) is 40.5 Å². The zero-order valence-corrected chi connectivity index (χ0v) is 18.5. The first kappa shape index (κ1) is 21.8. The Labute approximate surface area is 192 Å². The summed E-state index contributed by atoms with van der Waals surface area (Å²) >= 11 is 6.53. The van der Waals surface area contributed by atoms with Gasteiger partial charge in [0.25, 0.3) is 5.91 Å². The summed E-state index contributed by atoms with van der Waals surface area (Å²) in [5.74, 6) is 3.47. The molecule has 0 saturated heterocycles. The van der Waals surface area contributed by atoms with Crippen LogP contribution in [-0.4, -0.2) is 34.4 Å². The number of benzene rings is 1. The molecule has 2 aliphatic rings. The van der Waals surface area contributed by atoms with Gasteiger partial charge in [0.15, 0.2) is 0 Å². The van der Waals surface area contributed by atoms with E-state index >= 15 is 0 Å². The van der Waals surface area contributed by atoms with Crippen LogP contribution in [0.3, 0.4) is 0 Å². The number of nitrogens with one attached hydrogen (secondary N) is 2. The molecule has 4 rings (SSSR count). The molecule has 2 aromatic rings. The number of amides is 1. The molecule has 0 spiro atoms. The summed E-state index contributed by atoms with van der Waals surface area (Å²) in [6.07, 6.45) is 9.13. The highest BCUT2D eigenvalue weighted by molar-refractivity contribution is 6.35. The number of aliphatic hydroxyl groups excluding tert-OH is 1. The van der Waals surface area contributed by atoms with Crippen molar-refractivity contribution in [2.45, 2.75) is 20.0 Å². The molecule has 0 radical (unpaired) electrons. The average Bonchev–Trinajstić information content (AvgIpc) is 2.78. The maximum Gasteiger partial charge on any atom is 0.257 e. The molecule has 1 amide bonds. The van der Waals surface area contributed by atoms with Crippen LogP contribution in [0.5, 0.6) is 0 Å². The molecule has 0 fully saturated rings. The predicted molar refractivity (Wildman–Crippen MR) is 128 cm³/mol. The van der Waals surface area contributed by atoms with Crippen LogP contribution in [-0.2, 0) is 0 Å². The molecule has 1 aromatic heterocycles. The van der Waals surface area contributed by atoms with E-state index in [1.54, 1.807) is 31.2 Å². The molecule has 6 nitrogen and oxygen atoms in total. The molecule has 32 heavy (non-hydrogen) atoms. The minimum Gasteiger partial charge on any atom is -0.392 e. The fourth-order valence-corrected chi connectivity index (χ4v) is 3.87. The topological polar surface area (TPSA) is 86.6 Å². The average molecular weight is 447 g/mol.